The minimum Gasteiger partial charge on any atom is -0.372 e. The molecule has 0 aliphatic carbocycles. The van der Waals surface area contributed by atoms with E-state index in [2.05, 4.69) is 8.85 Å². The molecule has 0 aliphatic heterocycles. The first kappa shape index (κ1) is 17.8. The number of alkyl halides is 2. The van der Waals surface area contributed by atoms with Crippen LogP contribution < -0.4 is 5.12 Å². The second-order valence-electron chi connectivity index (χ2n) is 3.79. The molecule has 10 heteroatoms. The lowest BCUT2D eigenvalue weighted by atomic mass is 10.3. The summed E-state index contributed by atoms with van der Waals surface area (Å²) in [5.41, 5.74) is -5.74. The van der Waals surface area contributed by atoms with Gasteiger partial charge in [0.15, 0.2) is 11.6 Å². The quantitative estimate of drug-likeness (QED) is 0.333. The molecule has 0 aliphatic rings. The smallest absolute Gasteiger partial charge is 0.372 e. The Morgan fingerprint density at radius 1 is 1.19 bits per heavy atom. The van der Waals surface area contributed by atoms with Crippen LogP contribution in [0.1, 0.15) is 6.92 Å². The van der Waals surface area contributed by atoms with E-state index < -0.39 is 36.9 Å². The summed E-state index contributed by atoms with van der Waals surface area (Å²) in [5, 5.41) is -1.24. The average molecular weight is 331 g/mol. The molecule has 1 rings (SSSR count). The fourth-order valence-electron chi connectivity index (χ4n) is 1.64. The first-order valence-corrected chi connectivity index (χ1v) is 7.52. The summed E-state index contributed by atoms with van der Waals surface area (Å²) in [6, 6.07) is 2.22. The van der Waals surface area contributed by atoms with Gasteiger partial charge in [-0.05, 0) is 19.1 Å². The number of halogens is 5. The van der Waals surface area contributed by atoms with Crippen molar-refractivity contribution in [1.82, 2.24) is 0 Å². The molecule has 0 amide bonds. The minimum atomic E-state index is -4.83. The zero-order valence-electron chi connectivity index (χ0n) is 11.5. The Kier molecular flexibility index (Phi) is 5.67. The van der Waals surface area contributed by atoms with Crippen molar-refractivity contribution >= 4 is 14.5 Å². The fraction of sp³-hybridized carbons (Fsp3) is 0.455. The van der Waals surface area contributed by atoms with Crippen molar-refractivity contribution in [3.05, 3.63) is 29.8 Å². The molecule has 0 heterocycles. The summed E-state index contributed by atoms with van der Waals surface area (Å²) >= 11 is 0. The molecule has 0 bridgehead atoms. The van der Waals surface area contributed by atoms with E-state index in [0.29, 0.717) is 12.1 Å². The Bertz CT molecular complexity index is 487. The van der Waals surface area contributed by atoms with E-state index in [-0.39, 0.29) is 6.61 Å². The maximum atomic E-state index is 14.3. The lowest BCUT2D eigenvalue weighted by molar-refractivity contribution is -0.0624. The van der Waals surface area contributed by atoms with Gasteiger partial charge in [-0.1, -0.05) is 10.5 Å². The highest BCUT2D eigenvalue weighted by atomic mass is 28.4. The molecule has 1 aromatic carbocycles. The SMILES string of the molecule is CCO[Si](OC)(OC)C(F)(F)N(F)c1cccc(F)c1F. The van der Waals surface area contributed by atoms with E-state index in [1.807, 2.05) is 0 Å². The standard InChI is InChI=1S/C11H14F5NO3Si/c1-4-20-21(18-2,19-3)11(14,15)17(16)9-7-5-6-8(12)10(9)13/h5-7H,4H2,1-3H3. The first-order chi connectivity index (χ1) is 9.77. The first-order valence-electron chi connectivity index (χ1n) is 5.79. The maximum Gasteiger partial charge on any atom is 0.602 e. The van der Waals surface area contributed by atoms with Crippen molar-refractivity contribution in [3.8, 4) is 0 Å². The summed E-state index contributed by atoms with van der Waals surface area (Å²) in [5.74, 6) is -3.23. The second-order valence-corrected chi connectivity index (χ2v) is 6.61. The van der Waals surface area contributed by atoms with Crippen molar-refractivity contribution in [2.45, 2.75) is 12.6 Å². The fourth-order valence-corrected chi connectivity index (χ4v) is 3.45. The third-order valence-corrected chi connectivity index (χ3v) is 5.31. The molecule has 4 nitrogen and oxygen atoms in total. The van der Waals surface area contributed by atoms with Crippen LogP contribution in [0, 0.1) is 11.6 Å². The van der Waals surface area contributed by atoms with Crippen LogP contribution in [-0.2, 0) is 13.3 Å². The summed E-state index contributed by atoms with van der Waals surface area (Å²) in [7, 11) is -3.12. The highest BCUT2D eigenvalue weighted by Crippen LogP contribution is 2.38. The molecule has 0 atom stereocenters. The van der Waals surface area contributed by atoms with Crippen LogP contribution in [-0.4, -0.2) is 35.3 Å². The van der Waals surface area contributed by atoms with Crippen LogP contribution in [0.5, 0.6) is 0 Å². The van der Waals surface area contributed by atoms with Crippen molar-refractivity contribution in [1.29, 1.82) is 0 Å². The maximum absolute atomic E-state index is 14.3. The Labute approximate surface area is 119 Å². The molecule has 0 fully saturated rings. The molecular weight excluding hydrogens is 317 g/mol. The van der Waals surface area contributed by atoms with Crippen molar-refractivity contribution in [3.63, 3.8) is 0 Å². The second kappa shape index (κ2) is 6.69. The Hall–Kier alpha value is -1.23. The van der Waals surface area contributed by atoms with Gasteiger partial charge in [0.05, 0.1) is 0 Å². The van der Waals surface area contributed by atoms with Gasteiger partial charge in [-0.15, -0.1) is 5.12 Å². The van der Waals surface area contributed by atoms with Crippen molar-refractivity contribution in [2.75, 3.05) is 25.9 Å². The van der Waals surface area contributed by atoms with Crippen LogP contribution in [0.2, 0.25) is 0 Å². The number of nitrogens with zero attached hydrogens (tertiary/aromatic N) is 1. The van der Waals surface area contributed by atoms with Crippen LogP contribution in [0.4, 0.5) is 27.7 Å². The molecule has 120 valence electrons. The predicted octanol–water partition coefficient (Wildman–Crippen LogP) is 3.06. The lowest BCUT2D eigenvalue weighted by Gasteiger charge is -2.35. The zero-order chi connectivity index (χ0) is 16.3. The summed E-state index contributed by atoms with van der Waals surface area (Å²) in [4.78, 5) is 0. The van der Waals surface area contributed by atoms with Gasteiger partial charge in [-0.25, -0.2) is 8.78 Å². The van der Waals surface area contributed by atoms with Gasteiger partial charge < -0.3 is 13.3 Å². The highest BCUT2D eigenvalue weighted by molar-refractivity contribution is 6.63. The highest BCUT2D eigenvalue weighted by Gasteiger charge is 2.69. The van der Waals surface area contributed by atoms with E-state index in [4.69, 9.17) is 4.43 Å². The molecule has 21 heavy (non-hydrogen) atoms. The van der Waals surface area contributed by atoms with Gasteiger partial charge in [0.25, 0.3) is 0 Å². The molecule has 0 spiro atoms. The lowest BCUT2D eigenvalue weighted by Crippen LogP contribution is -2.66. The van der Waals surface area contributed by atoms with Crippen molar-refractivity contribution in [2.24, 2.45) is 0 Å². The van der Waals surface area contributed by atoms with Gasteiger partial charge in [0, 0.05) is 20.8 Å². The van der Waals surface area contributed by atoms with Gasteiger partial charge in [-0.3, -0.25) is 0 Å². The molecule has 0 aromatic heterocycles. The summed E-state index contributed by atoms with van der Waals surface area (Å²) in [6.45, 7) is 1.13. The van der Waals surface area contributed by atoms with Crippen molar-refractivity contribution < 1.29 is 35.3 Å². The normalized spacial score (nSPS) is 12.6. The van der Waals surface area contributed by atoms with Gasteiger partial charge in [-0.2, -0.15) is 8.78 Å². The monoisotopic (exact) mass is 331 g/mol. The number of rotatable bonds is 7. The van der Waals surface area contributed by atoms with Crippen LogP contribution >= 0.6 is 0 Å². The topological polar surface area (TPSA) is 30.9 Å². The zero-order valence-corrected chi connectivity index (χ0v) is 12.5. The summed E-state index contributed by atoms with van der Waals surface area (Å²) < 4.78 is 82.9. The van der Waals surface area contributed by atoms with E-state index in [0.717, 1.165) is 20.3 Å². The third kappa shape index (κ3) is 3.02. The Morgan fingerprint density at radius 3 is 2.24 bits per heavy atom. The van der Waals surface area contributed by atoms with E-state index in [1.54, 1.807) is 0 Å². The number of benzene rings is 1. The van der Waals surface area contributed by atoms with Gasteiger partial charge in [0.2, 0.25) is 0 Å². The predicted molar refractivity (Wildman–Crippen MR) is 66.3 cm³/mol. The molecular formula is C11H14F5NO3Si. The van der Waals surface area contributed by atoms with Crippen LogP contribution in [0.25, 0.3) is 0 Å². The number of hydrogen-bond donors (Lipinski definition) is 0. The van der Waals surface area contributed by atoms with E-state index in [9.17, 15) is 22.0 Å². The number of anilines is 1. The largest absolute Gasteiger partial charge is 0.602 e. The Morgan fingerprint density at radius 2 is 1.76 bits per heavy atom. The molecule has 0 saturated heterocycles. The van der Waals surface area contributed by atoms with Gasteiger partial charge in [0.1, 0.15) is 5.69 Å². The van der Waals surface area contributed by atoms with E-state index >= 15 is 0 Å². The minimum absolute atomic E-state index is 0.247. The van der Waals surface area contributed by atoms with Crippen LogP contribution in [0.15, 0.2) is 18.2 Å². The van der Waals surface area contributed by atoms with Crippen LogP contribution in [0.3, 0.4) is 0 Å². The molecule has 0 unspecified atom stereocenters. The Balaban J connectivity index is 3.29. The molecule has 0 N–H and O–H groups in total. The summed E-state index contributed by atoms with van der Waals surface area (Å²) in [6.07, 6.45) is 0. The number of hydrogen-bond acceptors (Lipinski definition) is 4. The molecule has 0 radical (unpaired) electrons. The van der Waals surface area contributed by atoms with E-state index in [1.165, 1.54) is 6.92 Å². The average Bonchev–Trinajstić information content (AvgIpc) is 2.46. The molecule has 1 aromatic rings. The third-order valence-electron chi connectivity index (χ3n) is 2.63. The molecule has 0 saturated carbocycles. The van der Waals surface area contributed by atoms with Gasteiger partial charge >= 0.3 is 14.5 Å².